The fourth-order valence-corrected chi connectivity index (χ4v) is 2.33. The number of aromatic nitrogens is 2. The van der Waals surface area contributed by atoms with E-state index in [2.05, 4.69) is 5.10 Å². The molecule has 19 heavy (non-hydrogen) atoms. The first-order valence-corrected chi connectivity index (χ1v) is 6.47. The van der Waals surface area contributed by atoms with Crippen LogP contribution in [0.25, 0.3) is 0 Å². The van der Waals surface area contributed by atoms with Crippen molar-refractivity contribution < 1.29 is 4.74 Å². The predicted octanol–water partition coefficient (Wildman–Crippen LogP) is 2.63. The van der Waals surface area contributed by atoms with Gasteiger partial charge >= 0.3 is 0 Å². The quantitative estimate of drug-likeness (QED) is 0.936. The molecule has 0 spiro atoms. The van der Waals surface area contributed by atoms with Gasteiger partial charge in [0.05, 0.1) is 13.3 Å². The van der Waals surface area contributed by atoms with Crippen LogP contribution in [0.2, 0.25) is 5.02 Å². The van der Waals surface area contributed by atoms with Gasteiger partial charge in [0.1, 0.15) is 5.75 Å². The molecular formula is C14H18ClN3O. The van der Waals surface area contributed by atoms with Crippen LogP contribution in [0.5, 0.6) is 5.75 Å². The van der Waals surface area contributed by atoms with Crippen LogP contribution in [0.1, 0.15) is 22.9 Å². The van der Waals surface area contributed by atoms with Gasteiger partial charge in [0, 0.05) is 29.4 Å². The van der Waals surface area contributed by atoms with E-state index >= 15 is 0 Å². The molecule has 0 saturated heterocycles. The Morgan fingerprint density at radius 2 is 2.21 bits per heavy atom. The van der Waals surface area contributed by atoms with Gasteiger partial charge in [-0.15, -0.1) is 0 Å². The van der Waals surface area contributed by atoms with E-state index in [4.69, 9.17) is 22.1 Å². The number of ether oxygens (including phenoxy) is 1. The summed E-state index contributed by atoms with van der Waals surface area (Å²) in [6, 6.07) is 5.44. The average molecular weight is 280 g/mol. The number of nitrogens with zero attached hydrogens (tertiary/aromatic N) is 2. The Hall–Kier alpha value is -1.52. The van der Waals surface area contributed by atoms with Crippen LogP contribution in [-0.2, 0) is 13.5 Å². The number of methoxy groups -OCH3 is 1. The molecule has 0 radical (unpaired) electrons. The van der Waals surface area contributed by atoms with Crippen LogP contribution < -0.4 is 10.5 Å². The van der Waals surface area contributed by atoms with Crippen LogP contribution in [-0.4, -0.2) is 16.9 Å². The summed E-state index contributed by atoms with van der Waals surface area (Å²) in [6.07, 6.45) is 2.48. The molecule has 1 heterocycles. The van der Waals surface area contributed by atoms with Crippen molar-refractivity contribution in [2.75, 3.05) is 7.11 Å². The second kappa shape index (κ2) is 5.63. The topological polar surface area (TPSA) is 53.1 Å². The number of benzene rings is 1. The third-order valence-corrected chi connectivity index (χ3v) is 3.59. The zero-order valence-electron chi connectivity index (χ0n) is 11.4. The fourth-order valence-electron chi connectivity index (χ4n) is 2.13. The average Bonchev–Trinajstić information content (AvgIpc) is 2.70. The van der Waals surface area contributed by atoms with Crippen LogP contribution in [0, 0.1) is 6.92 Å². The maximum Gasteiger partial charge on any atom is 0.122 e. The van der Waals surface area contributed by atoms with Crippen molar-refractivity contribution in [3.8, 4) is 5.75 Å². The van der Waals surface area contributed by atoms with Crippen LogP contribution >= 0.6 is 11.6 Å². The van der Waals surface area contributed by atoms with Crippen LogP contribution in [0.3, 0.4) is 0 Å². The molecule has 0 saturated carbocycles. The van der Waals surface area contributed by atoms with E-state index in [1.165, 1.54) is 0 Å². The summed E-state index contributed by atoms with van der Waals surface area (Å²) in [6.45, 7) is 2.01. The second-order valence-electron chi connectivity index (χ2n) is 4.58. The summed E-state index contributed by atoms with van der Waals surface area (Å²) >= 11 is 6.03. The van der Waals surface area contributed by atoms with Crippen molar-refractivity contribution in [3.63, 3.8) is 0 Å². The van der Waals surface area contributed by atoms with E-state index in [1.807, 2.05) is 43.0 Å². The molecule has 4 nitrogen and oxygen atoms in total. The standard InChI is InChI=1S/C14H18ClN3O/c1-9-12(8-17-18(9)2)13(16)7-10-6-11(15)4-5-14(10)19-3/h4-6,8,13H,7,16H2,1-3H3. The third-order valence-electron chi connectivity index (χ3n) is 3.35. The van der Waals surface area contributed by atoms with Crippen molar-refractivity contribution >= 4 is 11.6 Å². The van der Waals surface area contributed by atoms with Gasteiger partial charge in [0.25, 0.3) is 0 Å². The molecule has 1 unspecified atom stereocenters. The summed E-state index contributed by atoms with van der Waals surface area (Å²) < 4.78 is 7.16. The molecular weight excluding hydrogens is 262 g/mol. The Kier molecular flexibility index (Phi) is 4.12. The molecule has 2 aromatic rings. The predicted molar refractivity (Wildman–Crippen MR) is 76.6 cm³/mol. The number of hydrogen-bond donors (Lipinski definition) is 1. The van der Waals surface area contributed by atoms with E-state index in [-0.39, 0.29) is 6.04 Å². The highest BCUT2D eigenvalue weighted by Crippen LogP contribution is 2.27. The Bertz CT molecular complexity index is 580. The Balaban J connectivity index is 2.26. The number of hydrogen-bond acceptors (Lipinski definition) is 3. The monoisotopic (exact) mass is 279 g/mol. The van der Waals surface area contributed by atoms with Crippen molar-refractivity contribution in [1.82, 2.24) is 9.78 Å². The van der Waals surface area contributed by atoms with Gasteiger partial charge in [-0.1, -0.05) is 11.6 Å². The van der Waals surface area contributed by atoms with E-state index in [0.717, 1.165) is 22.6 Å². The van der Waals surface area contributed by atoms with Crippen molar-refractivity contribution in [3.05, 3.63) is 46.2 Å². The highest BCUT2D eigenvalue weighted by Gasteiger charge is 2.15. The first kappa shape index (κ1) is 13.9. The highest BCUT2D eigenvalue weighted by atomic mass is 35.5. The van der Waals surface area contributed by atoms with Crippen molar-refractivity contribution in [1.29, 1.82) is 0 Å². The molecule has 2 rings (SSSR count). The lowest BCUT2D eigenvalue weighted by molar-refractivity contribution is 0.408. The lowest BCUT2D eigenvalue weighted by Crippen LogP contribution is -2.14. The molecule has 0 aliphatic rings. The number of halogens is 1. The molecule has 5 heteroatoms. The summed E-state index contributed by atoms with van der Waals surface area (Å²) in [7, 11) is 3.55. The number of aryl methyl sites for hydroxylation is 1. The maximum absolute atomic E-state index is 6.26. The minimum atomic E-state index is -0.124. The van der Waals surface area contributed by atoms with Gasteiger partial charge in [0.15, 0.2) is 0 Å². The molecule has 0 fully saturated rings. The zero-order chi connectivity index (χ0) is 14.0. The first-order chi connectivity index (χ1) is 9.02. The lowest BCUT2D eigenvalue weighted by atomic mass is 9.99. The van der Waals surface area contributed by atoms with Gasteiger partial charge in [-0.25, -0.2) is 0 Å². The second-order valence-corrected chi connectivity index (χ2v) is 5.01. The SMILES string of the molecule is COc1ccc(Cl)cc1CC(N)c1cnn(C)c1C. The Morgan fingerprint density at radius 3 is 2.79 bits per heavy atom. The van der Waals surface area contributed by atoms with E-state index < -0.39 is 0 Å². The summed E-state index contributed by atoms with van der Waals surface area (Å²) in [5.74, 6) is 0.807. The van der Waals surface area contributed by atoms with E-state index in [9.17, 15) is 0 Å². The fraction of sp³-hybridized carbons (Fsp3) is 0.357. The normalized spacial score (nSPS) is 12.5. The maximum atomic E-state index is 6.26. The first-order valence-electron chi connectivity index (χ1n) is 6.09. The molecule has 1 aromatic heterocycles. The van der Waals surface area contributed by atoms with Gasteiger partial charge < -0.3 is 10.5 Å². The van der Waals surface area contributed by atoms with Gasteiger partial charge in [-0.05, 0) is 37.1 Å². The number of rotatable bonds is 4. The minimum absolute atomic E-state index is 0.124. The van der Waals surface area contributed by atoms with Gasteiger partial charge in [-0.2, -0.15) is 5.10 Å². The summed E-state index contributed by atoms with van der Waals surface area (Å²) in [5, 5.41) is 4.90. The van der Waals surface area contributed by atoms with Crippen molar-refractivity contribution in [2.24, 2.45) is 12.8 Å². The molecule has 0 aliphatic carbocycles. The Morgan fingerprint density at radius 1 is 1.47 bits per heavy atom. The molecule has 1 aromatic carbocycles. The van der Waals surface area contributed by atoms with Gasteiger partial charge in [-0.3, -0.25) is 4.68 Å². The highest BCUT2D eigenvalue weighted by molar-refractivity contribution is 6.30. The van der Waals surface area contributed by atoms with E-state index in [1.54, 1.807) is 7.11 Å². The van der Waals surface area contributed by atoms with Gasteiger partial charge in [0.2, 0.25) is 0 Å². The molecule has 0 bridgehead atoms. The molecule has 0 aliphatic heterocycles. The molecule has 1 atom stereocenters. The largest absolute Gasteiger partial charge is 0.496 e. The Labute approximate surface area is 118 Å². The molecule has 102 valence electrons. The zero-order valence-corrected chi connectivity index (χ0v) is 12.1. The van der Waals surface area contributed by atoms with Crippen molar-refractivity contribution in [2.45, 2.75) is 19.4 Å². The smallest absolute Gasteiger partial charge is 0.122 e. The van der Waals surface area contributed by atoms with E-state index in [0.29, 0.717) is 11.4 Å². The number of nitrogens with two attached hydrogens (primary N) is 1. The summed E-state index contributed by atoms with van der Waals surface area (Å²) in [4.78, 5) is 0. The summed E-state index contributed by atoms with van der Waals surface area (Å²) in [5.41, 5.74) is 9.39. The van der Waals surface area contributed by atoms with Crippen LogP contribution in [0.4, 0.5) is 0 Å². The molecule has 0 amide bonds. The third kappa shape index (κ3) is 2.91. The van der Waals surface area contributed by atoms with Crippen LogP contribution in [0.15, 0.2) is 24.4 Å². The molecule has 2 N–H and O–H groups in total. The minimum Gasteiger partial charge on any atom is -0.496 e. The lowest BCUT2D eigenvalue weighted by Gasteiger charge is -2.14.